The van der Waals surface area contributed by atoms with Crippen LogP contribution in [0, 0.1) is 0 Å². The van der Waals surface area contributed by atoms with E-state index in [1.54, 1.807) is 0 Å². The molecule has 0 N–H and O–H groups in total. The zero-order valence-corrected chi connectivity index (χ0v) is 13.0. The molecular weight excluding hydrogens is 236 g/mol. The fourth-order valence-electron chi connectivity index (χ4n) is 1.80. The van der Waals surface area contributed by atoms with Gasteiger partial charge in [0, 0.05) is 13.9 Å². The highest BCUT2D eigenvalue weighted by atomic mass is 28.4. The molecule has 1 aromatic rings. The number of hydrogen-bond acceptors (Lipinski definition) is 1. The van der Waals surface area contributed by atoms with Crippen molar-refractivity contribution in [3.63, 3.8) is 0 Å². The summed E-state index contributed by atoms with van der Waals surface area (Å²) in [5.41, 5.74) is 3.44. The molecule has 0 aliphatic heterocycles. The quantitative estimate of drug-likeness (QED) is 0.672. The van der Waals surface area contributed by atoms with Gasteiger partial charge in [0.1, 0.15) is 0 Å². The molecule has 1 nitrogen and oxygen atoms in total. The van der Waals surface area contributed by atoms with Gasteiger partial charge in [-0.05, 0) is 17.2 Å². The first-order chi connectivity index (χ1) is 8.22. The summed E-state index contributed by atoms with van der Waals surface area (Å²) in [6.45, 7) is 15.4. The Hall–Kier alpha value is -1.28. The average molecular weight is 258 g/mol. The van der Waals surface area contributed by atoms with E-state index in [2.05, 4.69) is 64.7 Å². The van der Waals surface area contributed by atoms with Crippen molar-refractivity contribution in [3.8, 4) is 0 Å². The Labute approximate surface area is 111 Å². The third kappa shape index (κ3) is 2.17. The van der Waals surface area contributed by atoms with Gasteiger partial charge in [0.2, 0.25) is 0 Å². The second-order valence-corrected chi connectivity index (χ2v) is 11.2. The van der Waals surface area contributed by atoms with Crippen molar-refractivity contribution >= 4 is 19.6 Å². The molecule has 0 spiro atoms. The minimum atomic E-state index is -1.78. The highest BCUT2D eigenvalue weighted by Gasteiger charge is 2.29. The predicted octanol–water partition coefficient (Wildman–Crippen LogP) is 5.08. The van der Waals surface area contributed by atoms with Gasteiger partial charge in [0.25, 0.3) is 0 Å². The van der Waals surface area contributed by atoms with Gasteiger partial charge >= 0.3 is 0 Å². The molecule has 2 heteroatoms. The van der Waals surface area contributed by atoms with Crippen molar-refractivity contribution in [1.82, 2.24) is 0 Å². The number of benzene rings is 1. The Morgan fingerprint density at radius 1 is 1.06 bits per heavy atom. The minimum absolute atomic E-state index is 0.215. The molecule has 1 aliphatic carbocycles. The van der Waals surface area contributed by atoms with E-state index >= 15 is 0 Å². The van der Waals surface area contributed by atoms with Gasteiger partial charge in [-0.2, -0.15) is 0 Å². The van der Waals surface area contributed by atoms with E-state index < -0.39 is 8.32 Å². The van der Waals surface area contributed by atoms with Crippen LogP contribution >= 0.6 is 0 Å². The van der Waals surface area contributed by atoms with Gasteiger partial charge in [0.15, 0.2) is 0 Å². The summed E-state index contributed by atoms with van der Waals surface area (Å²) < 4.78 is 6.40. The second-order valence-electron chi connectivity index (χ2n) is 6.44. The summed E-state index contributed by atoms with van der Waals surface area (Å²) in [4.78, 5) is 0. The van der Waals surface area contributed by atoms with Gasteiger partial charge in [-0.15, -0.1) is 18.1 Å². The van der Waals surface area contributed by atoms with Crippen LogP contribution in [0.3, 0.4) is 0 Å². The largest absolute Gasteiger partial charge is 0.688 e. The van der Waals surface area contributed by atoms with E-state index in [4.69, 9.17) is 4.43 Å². The summed E-state index contributed by atoms with van der Waals surface area (Å²) in [5, 5.41) is 0.215. The lowest BCUT2D eigenvalue weighted by Gasteiger charge is -2.49. The Morgan fingerprint density at radius 2 is 1.61 bits per heavy atom. The topological polar surface area (TPSA) is 9.23 Å². The van der Waals surface area contributed by atoms with Crippen LogP contribution in [0.15, 0.2) is 36.9 Å². The minimum Gasteiger partial charge on any atom is -0.688 e. The lowest BCUT2D eigenvalue weighted by molar-refractivity contribution is 0.459. The van der Waals surface area contributed by atoms with Crippen molar-refractivity contribution in [2.75, 3.05) is 0 Å². The summed E-state index contributed by atoms with van der Waals surface area (Å²) in [6, 6.07) is 8.33. The number of hydrogen-bond donors (Lipinski definition) is 0. The summed E-state index contributed by atoms with van der Waals surface area (Å²) in [6.07, 6.45) is 2.07. The van der Waals surface area contributed by atoms with Gasteiger partial charge in [0.05, 0.1) is 5.76 Å². The van der Waals surface area contributed by atoms with Crippen LogP contribution in [-0.4, -0.2) is 8.32 Å². The fraction of sp³-hybridized carbons (Fsp3) is 0.375. The smallest absolute Gasteiger partial charge is 0.0809 e. The SMILES string of the molecule is C=C1C=C(O[Si-](C)(C)C(C)(C)C)c2ccccc21. The van der Waals surface area contributed by atoms with Crippen LogP contribution in [-0.2, 0) is 4.43 Å². The van der Waals surface area contributed by atoms with E-state index in [1.165, 1.54) is 11.1 Å². The molecule has 1 aliphatic rings. The van der Waals surface area contributed by atoms with E-state index in [1.807, 2.05) is 6.07 Å². The van der Waals surface area contributed by atoms with Crippen molar-refractivity contribution in [3.05, 3.63) is 48.0 Å². The van der Waals surface area contributed by atoms with E-state index in [9.17, 15) is 0 Å². The van der Waals surface area contributed by atoms with E-state index in [0.29, 0.717) is 0 Å². The van der Waals surface area contributed by atoms with Gasteiger partial charge in [-0.25, -0.2) is 0 Å². The molecule has 97 valence electrons. The zero-order chi connectivity index (χ0) is 13.6. The third-order valence-electron chi connectivity index (χ3n) is 4.02. The summed E-state index contributed by atoms with van der Waals surface area (Å²) in [7, 11) is -1.78. The first-order valence-electron chi connectivity index (χ1n) is 6.42. The summed E-state index contributed by atoms with van der Waals surface area (Å²) in [5.74, 6) is 1.00. The van der Waals surface area contributed by atoms with Gasteiger partial charge in [-0.3, -0.25) is 0 Å². The molecule has 18 heavy (non-hydrogen) atoms. The molecule has 1 aromatic carbocycles. The first-order valence-corrected chi connectivity index (χ1v) is 9.32. The molecule has 0 atom stereocenters. The van der Waals surface area contributed by atoms with Crippen molar-refractivity contribution in [2.24, 2.45) is 0 Å². The maximum atomic E-state index is 6.40. The van der Waals surface area contributed by atoms with Crippen molar-refractivity contribution in [1.29, 1.82) is 0 Å². The monoisotopic (exact) mass is 258 g/mol. The van der Waals surface area contributed by atoms with Crippen LogP contribution in [0.4, 0.5) is 0 Å². The molecule has 0 fully saturated rings. The van der Waals surface area contributed by atoms with Gasteiger partial charge < -0.3 is 4.43 Å². The molecule has 0 saturated carbocycles. The molecule has 0 aromatic heterocycles. The normalized spacial score (nSPS) is 15.4. The Morgan fingerprint density at radius 3 is 2.17 bits per heavy atom. The molecule has 0 radical (unpaired) electrons. The molecule has 0 bridgehead atoms. The number of fused-ring (bicyclic) bond motifs is 1. The Balaban J connectivity index is 2.33. The maximum Gasteiger partial charge on any atom is 0.0809 e. The molecular formula is C16H22OSi-. The highest BCUT2D eigenvalue weighted by molar-refractivity contribution is 6.74. The molecule has 0 saturated heterocycles. The van der Waals surface area contributed by atoms with Crippen LogP contribution in [0.5, 0.6) is 0 Å². The Bertz CT molecular complexity index is 518. The lowest BCUT2D eigenvalue weighted by atomic mass is 10.1. The van der Waals surface area contributed by atoms with Crippen LogP contribution in [0.2, 0.25) is 18.1 Å². The number of allylic oxidation sites excluding steroid dienone is 2. The zero-order valence-electron chi connectivity index (χ0n) is 12.0. The van der Waals surface area contributed by atoms with Crippen LogP contribution < -0.4 is 0 Å². The second kappa shape index (κ2) is 4.13. The summed E-state index contributed by atoms with van der Waals surface area (Å²) >= 11 is 0. The maximum absolute atomic E-state index is 6.40. The van der Waals surface area contributed by atoms with Crippen LogP contribution in [0.1, 0.15) is 31.9 Å². The molecule has 0 unspecified atom stereocenters. The average Bonchev–Trinajstić information content (AvgIpc) is 2.55. The molecule has 2 rings (SSSR count). The lowest BCUT2D eigenvalue weighted by Crippen LogP contribution is -2.40. The van der Waals surface area contributed by atoms with E-state index in [0.717, 1.165) is 11.3 Å². The van der Waals surface area contributed by atoms with Gasteiger partial charge in [-0.1, -0.05) is 51.6 Å². The molecule has 0 heterocycles. The standard InChI is InChI=1S/C16H22OSi/c1-12-11-15(14-10-8-7-9-13(12)14)17-18(5,6)16(2,3)4/h7-11H,1H2,2-6H3/q-1. The van der Waals surface area contributed by atoms with E-state index in [-0.39, 0.29) is 5.04 Å². The van der Waals surface area contributed by atoms with Crippen LogP contribution in [0.25, 0.3) is 11.3 Å². The first kappa shape index (κ1) is 13.2. The fourth-order valence-corrected chi connectivity index (χ4v) is 2.83. The number of rotatable bonds is 2. The van der Waals surface area contributed by atoms with Crippen molar-refractivity contribution < 1.29 is 4.43 Å². The third-order valence-corrected chi connectivity index (χ3v) is 8.36. The molecule has 0 amide bonds. The predicted molar refractivity (Wildman–Crippen MR) is 81.7 cm³/mol. The Kier molecular flexibility index (Phi) is 3.02. The van der Waals surface area contributed by atoms with Crippen molar-refractivity contribution in [2.45, 2.75) is 38.9 Å². The highest BCUT2D eigenvalue weighted by Crippen LogP contribution is 2.43.